The van der Waals surface area contributed by atoms with Crippen molar-refractivity contribution in [3.8, 4) is 0 Å². The number of carbonyl (C=O) groups is 2. The second-order valence-corrected chi connectivity index (χ2v) is 7.13. The number of likely N-dealkylation sites (tertiary alicyclic amines) is 1. The zero-order valence-corrected chi connectivity index (χ0v) is 14.0. The van der Waals surface area contributed by atoms with Gasteiger partial charge in [-0.25, -0.2) is 0 Å². The van der Waals surface area contributed by atoms with Crippen LogP contribution in [0.1, 0.15) is 22.5 Å². The maximum absolute atomic E-state index is 12.4. The van der Waals surface area contributed by atoms with Gasteiger partial charge in [0.1, 0.15) is 0 Å². The first-order valence-corrected chi connectivity index (χ1v) is 9.02. The Hall–Kier alpha value is -1.44. The van der Waals surface area contributed by atoms with Crippen LogP contribution in [0.5, 0.6) is 0 Å². The van der Waals surface area contributed by atoms with Gasteiger partial charge in [-0.3, -0.25) is 14.5 Å². The SMILES string of the molecule is O=C(CN1CCC[C@@H](O)C1)N1CCN(C(=O)c2cccs2)CC1. The molecule has 3 rings (SSSR count). The Bertz CT molecular complexity index is 541. The molecule has 7 heteroatoms. The minimum atomic E-state index is -0.309. The van der Waals surface area contributed by atoms with E-state index in [9.17, 15) is 14.7 Å². The maximum Gasteiger partial charge on any atom is 0.264 e. The molecule has 0 bridgehead atoms. The van der Waals surface area contributed by atoms with Crippen molar-refractivity contribution in [1.29, 1.82) is 0 Å². The highest BCUT2D eigenvalue weighted by Gasteiger charge is 2.27. The molecule has 2 amide bonds. The average molecular weight is 337 g/mol. The summed E-state index contributed by atoms with van der Waals surface area (Å²) in [5.41, 5.74) is 0. The van der Waals surface area contributed by atoms with E-state index >= 15 is 0 Å². The van der Waals surface area contributed by atoms with E-state index in [1.807, 2.05) is 32.2 Å². The number of aliphatic hydroxyl groups excluding tert-OH is 1. The monoisotopic (exact) mass is 337 g/mol. The van der Waals surface area contributed by atoms with Gasteiger partial charge in [-0.15, -0.1) is 11.3 Å². The Balaban J connectivity index is 1.46. The highest BCUT2D eigenvalue weighted by molar-refractivity contribution is 7.12. The Morgan fingerprint density at radius 3 is 2.57 bits per heavy atom. The number of carbonyl (C=O) groups excluding carboxylic acids is 2. The van der Waals surface area contributed by atoms with E-state index in [-0.39, 0.29) is 17.9 Å². The van der Waals surface area contributed by atoms with Crippen molar-refractivity contribution in [2.24, 2.45) is 0 Å². The molecule has 0 saturated carbocycles. The number of thiophene rings is 1. The molecule has 0 radical (unpaired) electrons. The van der Waals surface area contributed by atoms with Gasteiger partial charge in [-0.1, -0.05) is 6.07 Å². The number of hydrogen-bond acceptors (Lipinski definition) is 5. The Kier molecular flexibility index (Phi) is 5.30. The van der Waals surface area contributed by atoms with E-state index in [1.165, 1.54) is 11.3 Å². The lowest BCUT2D eigenvalue weighted by Crippen LogP contribution is -2.53. The molecule has 2 saturated heterocycles. The number of nitrogens with zero attached hydrogens (tertiary/aromatic N) is 3. The van der Waals surface area contributed by atoms with Crippen LogP contribution in [0.15, 0.2) is 17.5 Å². The summed E-state index contributed by atoms with van der Waals surface area (Å²) < 4.78 is 0. The molecule has 0 unspecified atom stereocenters. The van der Waals surface area contributed by atoms with Crippen LogP contribution < -0.4 is 0 Å². The number of β-amino-alcohol motifs (C(OH)–C–C–N with tert-alkyl or cyclic N) is 1. The summed E-state index contributed by atoms with van der Waals surface area (Å²) in [6.45, 7) is 4.19. The van der Waals surface area contributed by atoms with Gasteiger partial charge in [0.05, 0.1) is 17.5 Å². The number of amides is 2. The van der Waals surface area contributed by atoms with Gasteiger partial charge >= 0.3 is 0 Å². The molecule has 1 aromatic rings. The van der Waals surface area contributed by atoms with Gasteiger partial charge < -0.3 is 14.9 Å². The van der Waals surface area contributed by atoms with Crippen molar-refractivity contribution in [2.75, 3.05) is 45.8 Å². The summed E-state index contributed by atoms with van der Waals surface area (Å²) in [4.78, 5) is 31.1. The normalized spacial score (nSPS) is 23.1. The zero-order valence-electron chi connectivity index (χ0n) is 13.2. The van der Waals surface area contributed by atoms with Gasteiger partial charge in [0, 0.05) is 32.7 Å². The fraction of sp³-hybridized carbons (Fsp3) is 0.625. The lowest BCUT2D eigenvalue weighted by Gasteiger charge is -2.36. The second kappa shape index (κ2) is 7.42. The first kappa shape index (κ1) is 16.4. The summed E-state index contributed by atoms with van der Waals surface area (Å²) in [5, 5.41) is 11.6. The van der Waals surface area contributed by atoms with E-state index in [2.05, 4.69) is 0 Å². The van der Waals surface area contributed by atoms with Gasteiger partial charge in [-0.2, -0.15) is 0 Å². The maximum atomic E-state index is 12.4. The van der Waals surface area contributed by atoms with Gasteiger partial charge in [0.25, 0.3) is 5.91 Å². The molecular weight excluding hydrogens is 314 g/mol. The molecule has 2 fully saturated rings. The average Bonchev–Trinajstić information content (AvgIpc) is 3.09. The molecule has 2 aliphatic heterocycles. The first-order valence-electron chi connectivity index (χ1n) is 8.14. The highest BCUT2D eigenvalue weighted by atomic mass is 32.1. The van der Waals surface area contributed by atoms with E-state index in [0.717, 1.165) is 24.3 Å². The van der Waals surface area contributed by atoms with E-state index in [0.29, 0.717) is 39.3 Å². The minimum Gasteiger partial charge on any atom is -0.392 e. The number of piperidine rings is 1. The van der Waals surface area contributed by atoms with Gasteiger partial charge in [0.15, 0.2) is 0 Å². The molecular formula is C16H23N3O3S. The third kappa shape index (κ3) is 4.10. The summed E-state index contributed by atoms with van der Waals surface area (Å²) in [5.74, 6) is 0.161. The van der Waals surface area contributed by atoms with Crippen molar-refractivity contribution in [2.45, 2.75) is 18.9 Å². The number of aliphatic hydroxyl groups is 1. The topological polar surface area (TPSA) is 64.1 Å². The van der Waals surface area contributed by atoms with Crippen molar-refractivity contribution in [3.63, 3.8) is 0 Å². The summed E-state index contributed by atoms with van der Waals surface area (Å²) in [7, 11) is 0. The largest absolute Gasteiger partial charge is 0.392 e. The standard InChI is InChI=1S/C16H23N3O3S/c20-13-3-1-5-17(11-13)12-15(21)18-6-8-19(9-7-18)16(22)14-4-2-10-23-14/h2,4,10,13,20H,1,3,5-9,11-12H2/t13-/m1/s1. The Morgan fingerprint density at radius 2 is 1.91 bits per heavy atom. The molecule has 6 nitrogen and oxygen atoms in total. The molecule has 23 heavy (non-hydrogen) atoms. The van der Waals surface area contributed by atoms with Crippen LogP contribution in [0.4, 0.5) is 0 Å². The number of piperazine rings is 1. The summed E-state index contributed by atoms with van der Waals surface area (Å²) in [6, 6.07) is 3.72. The van der Waals surface area contributed by atoms with Crippen LogP contribution in [-0.4, -0.2) is 83.5 Å². The fourth-order valence-electron chi connectivity index (χ4n) is 3.18. The molecule has 0 spiro atoms. The molecule has 3 heterocycles. The highest BCUT2D eigenvalue weighted by Crippen LogP contribution is 2.14. The third-order valence-corrected chi connectivity index (χ3v) is 5.35. The van der Waals surface area contributed by atoms with Gasteiger partial charge in [0.2, 0.25) is 5.91 Å². The summed E-state index contributed by atoms with van der Waals surface area (Å²) >= 11 is 1.45. The quantitative estimate of drug-likeness (QED) is 0.872. The Labute approximate surface area is 140 Å². The predicted molar refractivity (Wildman–Crippen MR) is 88.5 cm³/mol. The Morgan fingerprint density at radius 1 is 1.17 bits per heavy atom. The molecule has 126 valence electrons. The lowest BCUT2D eigenvalue weighted by molar-refractivity contribution is -0.134. The molecule has 1 aromatic heterocycles. The van der Waals surface area contributed by atoms with Crippen molar-refractivity contribution in [3.05, 3.63) is 22.4 Å². The van der Waals surface area contributed by atoms with Crippen molar-refractivity contribution < 1.29 is 14.7 Å². The van der Waals surface area contributed by atoms with E-state index in [4.69, 9.17) is 0 Å². The minimum absolute atomic E-state index is 0.0613. The summed E-state index contributed by atoms with van der Waals surface area (Å²) in [6.07, 6.45) is 1.46. The fourth-order valence-corrected chi connectivity index (χ4v) is 3.87. The van der Waals surface area contributed by atoms with Crippen LogP contribution in [-0.2, 0) is 4.79 Å². The molecule has 0 aromatic carbocycles. The lowest BCUT2D eigenvalue weighted by atomic mass is 10.1. The van der Waals surface area contributed by atoms with E-state index < -0.39 is 0 Å². The molecule has 2 aliphatic rings. The predicted octanol–water partition coefficient (Wildman–Crippen LogP) is 0.489. The van der Waals surface area contributed by atoms with Crippen LogP contribution in [0.2, 0.25) is 0 Å². The number of rotatable bonds is 3. The molecule has 0 aliphatic carbocycles. The smallest absolute Gasteiger partial charge is 0.264 e. The van der Waals surface area contributed by atoms with Crippen LogP contribution >= 0.6 is 11.3 Å². The van der Waals surface area contributed by atoms with Crippen LogP contribution in [0, 0.1) is 0 Å². The van der Waals surface area contributed by atoms with Crippen molar-refractivity contribution >= 4 is 23.2 Å². The van der Waals surface area contributed by atoms with Crippen LogP contribution in [0.3, 0.4) is 0 Å². The first-order chi connectivity index (χ1) is 11.1. The van der Waals surface area contributed by atoms with Gasteiger partial charge in [-0.05, 0) is 30.8 Å². The molecule has 1 N–H and O–H groups in total. The van der Waals surface area contributed by atoms with Crippen LogP contribution in [0.25, 0.3) is 0 Å². The molecule has 1 atom stereocenters. The third-order valence-electron chi connectivity index (χ3n) is 4.49. The van der Waals surface area contributed by atoms with E-state index in [1.54, 1.807) is 0 Å². The van der Waals surface area contributed by atoms with Crippen molar-refractivity contribution in [1.82, 2.24) is 14.7 Å². The second-order valence-electron chi connectivity index (χ2n) is 6.18. The number of hydrogen-bond donors (Lipinski definition) is 1. The zero-order chi connectivity index (χ0) is 16.2.